The van der Waals surface area contributed by atoms with Gasteiger partial charge in [0.05, 0.1) is 6.10 Å². The predicted octanol–water partition coefficient (Wildman–Crippen LogP) is 1.69. The van der Waals surface area contributed by atoms with Gasteiger partial charge >= 0.3 is 0 Å². The van der Waals surface area contributed by atoms with Crippen molar-refractivity contribution in [3.05, 3.63) is 23.8 Å². The zero-order valence-corrected chi connectivity index (χ0v) is 13.2. The van der Waals surface area contributed by atoms with Crippen molar-refractivity contribution in [2.75, 3.05) is 26.2 Å². The minimum atomic E-state index is -0.687. The molecule has 3 N–H and O–H groups in total. The molecule has 5 heteroatoms. The molecule has 0 aromatic heterocycles. The first-order valence-corrected chi connectivity index (χ1v) is 8.23. The average molecular weight is 306 g/mol. The molecule has 0 unspecified atom stereocenters. The fraction of sp³-hybridized carbons (Fsp3) is 0.647. The molecule has 0 amide bonds. The molecule has 5 nitrogen and oxygen atoms in total. The van der Waals surface area contributed by atoms with Crippen LogP contribution in [-0.2, 0) is 0 Å². The Morgan fingerprint density at radius 1 is 1.27 bits per heavy atom. The molecule has 3 atom stereocenters. The molecule has 1 saturated heterocycles. The third-order valence-corrected chi connectivity index (χ3v) is 4.43. The fourth-order valence-electron chi connectivity index (χ4n) is 3.17. The van der Waals surface area contributed by atoms with Gasteiger partial charge in [-0.15, -0.1) is 0 Å². The van der Waals surface area contributed by atoms with E-state index in [4.69, 9.17) is 15.2 Å². The molecule has 2 heterocycles. The molecule has 0 aliphatic carbocycles. The van der Waals surface area contributed by atoms with E-state index in [1.54, 1.807) is 0 Å². The number of aliphatic hydroxyl groups excluding tert-OH is 1. The fourth-order valence-corrected chi connectivity index (χ4v) is 3.17. The summed E-state index contributed by atoms with van der Waals surface area (Å²) in [7, 11) is 0. The van der Waals surface area contributed by atoms with Gasteiger partial charge in [-0.1, -0.05) is 12.5 Å². The number of nitrogens with two attached hydrogens (primary N) is 1. The molecule has 22 heavy (non-hydrogen) atoms. The van der Waals surface area contributed by atoms with Gasteiger partial charge in [0.25, 0.3) is 0 Å². The maximum absolute atomic E-state index is 10.5. The third-order valence-electron chi connectivity index (χ3n) is 4.43. The first-order valence-electron chi connectivity index (χ1n) is 8.23. The van der Waals surface area contributed by atoms with Gasteiger partial charge in [0.15, 0.2) is 11.5 Å². The number of aliphatic hydroxyl groups is 1. The van der Waals surface area contributed by atoms with Gasteiger partial charge in [0.2, 0.25) is 0 Å². The van der Waals surface area contributed by atoms with Crippen LogP contribution in [0.5, 0.6) is 11.5 Å². The van der Waals surface area contributed by atoms with Gasteiger partial charge in [0, 0.05) is 12.6 Å². The predicted molar refractivity (Wildman–Crippen MR) is 85.3 cm³/mol. The molecule has 2 aliphatic rings. The number of piperidine rings is 1. The van der Waals surface area contributed by atoms with Gasteiger partial charge in [-0.3, -0.25) is 0 Å². The van der Waals surface area contributed by atoms with Crippen molar-refractivity contribution >= 4 is 0 Å². The molecule has 3 rings (SSSR count). The van der Waals surface area contributed by atoms with Crippen molar-refractivity contribution in [3.8, 4) is 11.5 Å². The SMILES string of the molecule is C[C@H]1COc2ccc([C@@H](O)[C@H](N)CN3CCCCC3)cc2O1. The molecule has 0 bridgehead atoms. The Bertz CT molecular complexity index is 503. The summed E-state index contributed by atoms with van der Waals surface area (Å²) in [5, 5.41) is 10.5. The highest BCUT2D eigenvalue weighted by Gasteiger charge is 2.24. The molecule has 122 valence electrons. The lowest BCUT2D eigenvalue weighted by atomic mass is 10.0. The van der Waals surface area contributed by atoms with Crippen molar-refractivity contribution < 1.29 is 14.6 Å². The summed E-state index contributed by atoms with van der Waals surface area (Å²) < 4.78 is 11.4. The summed E-state index contributed by atoms with van der Waals surface area (Å²) in [5.74, 6) is 1.43. The topological polar surface area (TPSA) is 68.0 Å². The molecular weight excluding hydrogens is 280 g/mol. The second-order valence-electron chi connectivity index (χ2n) is 6.42. The molecular formula is C17H26N2O3. The van der Waals surface area contributed by atoms with Crippen LogP contribution < -0.4 is 15.2 Å². The van der Waals surface area contributed by atoms with Crippen LogP contribution in [0.15, 0.2) is 18.2 Å². The van der Waals surface area contributed by atoms with E-state index in [1.165, 1.54) is 19.3 Å². The molecule has 1 fully saturated rings. The lowest BCUT2D eigenvalue weighted by molar-refractivity contribution is 0.0990. The van der Waals surface area contributed by atoms with Crippen LogP contribution in [0, 0.1) is 0 Å². The van der Waals surface area contributed by atoms with Crippen molar-refractivity contribution in [1.82, 2.24) is 4.90 Å². The molecule has 1 aromatic rings. The Labute approximate surface area is 132 Å². The van der Waals surface area contributed by atoms with E-state index >= 15 is 0 Å². The minimum absolute atomic E-state index is 0.0296. The minimum Gasteiger partial charge on any atom is -0.486 e. The highest BCUT2D eigenvalue weighted by molar-refractivity contribution is 5.44. The number of benzene rings is 1. The summed E-state index contributed by atoms with van der Waals surface area (Å²) >= 11 is 0. The maximum Gasteiger partial charge on any atom is 0.162 e. The van der Waals surface area contributed by atoms with Crippen LogP contribution in [0.3, 0.4) is 0 Å². The second-order valence-corrected chi connectivity index (χ2v) is 6.42. The largest absolute Gasteiger partial charge is 0.486 e. The van der Waals surface area contributed by atoms with Gasteiger partial charge in [-0.2, -0.15) is 0 Å². The van der Waals surface area contributed by atoms with E-state index in [0.717, 1.165) is 30.9 Å². The standard InChI is InChI=1S/C17H26N2O3/c1-12-11-21-15-6-5-13(9-16(15)22-12)17(20)14(18)10-19-7-3-2-4-8-19/h5-6,9,12,14,17,20H,2-4,7-8,10-11,18H2,1H3/t12-,14+,17+/m0/s1. The highest BCUT2D eigenvalue weighted by atomic mass is 16.6. The van der Waals surface area contributed by atoms with Crippen LogP contribution >= 0.6 is 0 Å². The second kappa shape index (κ2) is 6.86. The van der Waals surface area contributed by atoms with E-state index in [-0.39, 0.29) is 12.1 Å². The van der Waals surface area contributed by atoms with Crippen LogP contribution in [0.25, 0.3) is 0 Å². The molecule has 0 spiro atoms. The summed E-state index contributed by atoms with van der Waals surface area (Å²) in [5.41, 5.74) is 7.01. The number of rotatable bonds is 4. The van der Waals surface area contributed by atoms with E-state index < -0.39 is 6.10 Å². The normalized spacial score (nSPS) is 24.8. The van der Waals surface area contributed by atoms with Crippen LogP contribution in [0.1, 0.15) is 37.9 Å². The number of hydrogen-bond acceptors (Lipinski definition) is 5. The monoisotopic (exact) mass is 306 g/mol. The number of hydrogen-bond donors (Lipinski definition) is 2. The summed E-state index contributed by atoms with van der Waals surface area (Å²) in [6.07, 6.45) is 3.10. The van der Waals surface area contributed by atoms with Crippen molar-refractivity contribution in [2.45, 2.75) is 44.4 Å². The quantitative estimate of drug-likeness (QED) is 0.886. The Kier molecular flexibility index (Phi) is 4.86. The Morgan fingerprint density at radius 3 is 2.82 bits per heavy atom. The molecule has 1 aromatic carbocycles. The van der Waals surface area contributed by atoms with Gasteiger partial charge < -0.3 is 25.2 Å². The zero-order valence-electron chi connectivity index (χ0n) is 13.2. The van der Waals surface area contributed by atoms with E-state index in [2.05, 4.69) is 4.90 Å². The number of nitrogens with zero attached hydrogens (tertiary/aromatic N) is 1. The maximum atomic E-state index is 10.5. The Balaban J connectivity index is 1.66. The lowest BCUT2D eigenvalue weighted by Gasteiger charge is -2.31. The van der Waals surface area contributed by atoms with Crippen LogP contribution in [0.2, 0.25) is 0 Å². The van der Waals surface area contributed by atoms with E-state index in [1.807, 2.05) is 25.1 Å². The van der Waals surface area contributed by atoms with Gasteiger partial charge in [-0.25, -0.2) is 0 Å². The van der Waals surface area contributed by atoms with Crippen LogP contribution in [0.4, 0.5) is 0 Å². The Morgan fingerprint density at radius 2 is 2.05 bits per heavy atom. The average Bonchev–Trinajstić information content (AvgIpc) is 2.54. The molecule has 0 saturated carbocycles. The lowest BCUT2D eigenvalue weighted by Crippen LogP contribution is -2.43. The van der Waals surface area contributed by atoms with Gasteiger partial charge in [0.1, 0.15) is 12.7 Å². The summed E-state index contributed by atoms with van der Waals surface area (Å²) in [6.45, 7) is 5.42. The van der Waals surface area contributed by atoms with Crippen LogP contribution in [-0.4, -0.2) is 48.4 Å². The Hall–Kier alpha value is -1.30. The highest BCUT2D eigenvalue weighted by Crippen LogP contribution is 2.34. The molecule has 0 radical (unpaired) electrons. The van der Waals surface area contributed by atoms with E-state index in [0.29, 0.717) is 12.4 Å². The number of likely N-dealkylation sites (tertiary alicyclic amines) is 1. The first-order chi connectivity index (χ1) is 10.6. The van der Waals surface area contributed by atoms with Crippen molar-refractivity contribution in [1.29, 1.82) is 0 Å². The number of ether oxygens (including phenoxy) is 2. The van der Waals surface area contributed by atoms with Crippen molar-refractivity contribution in [2.24, 2.45) is 5.73 Å². The van der Waals surface area contributed by atoms with E-state index in [9.17, 15) is 5.11 Å². The first kappa shape index (κ1) is 15.6. The zero-order chi connectivity index (χ0) is 15.5. The summed E-state index contributed by atoms with van der Waals surface area (Å²) in [6, 6.07) is 5.29. The molecule has 2 aliphatic heterocycles. The van der Waals surface area contributed by atoms with Gasteiger partial charge in [-0.05, 0) is 50.6 Å². The summed E-state index contributed by atoms with van der Waals surface area (Å²) in [4.78, 5) is 2.34. The number of fused-ring (bicyclic) bond motifs is 1. The smallest absolute Gasteiger partial charge is 0.162 e. The third kappa shape index (κ3) is 3.54. The van der Waals surface area contributed by atoms with Crippen molar-refractivity contribution in [3.63, 3.8) is 0 Å².